The predicted molar refractivity (Wildman–Crippen MR) is 106 cm³/mol. The summed E-state index contributed by atoms with van der Waals surface area (Å²) in [4.78, 5) is 16.7. The number of rotatable bonds is 6. The number of carbonyl (C=O) groups is 1. The number of carboxylic acids is 1. The van der Waals surface area contributed by atoms with Crippen LogP contribution in [0.2, 0.25) is 5.02 Å². The zero-order chi connectivity index (χ0) is 19.4. The van der Waals surface area contributed by atoms with Crippen molar-refractivity contribution in [1.82, 2.24) is 4.57 Å². The number of aryl methyl sites for hydroxylation is 1. The Morgan fingerprint density at radius 3 is 2.63 bits per heavy atom. The summed E-state index contributed by atoms with van der Waals surface area (Å²) in [5.41, 5.74) is 4.63. The smallest absolute Gasteiger partial charge is 0.337 e. The first-order valence-electron chi connectivity index (χ1n) is 8.39. The maximum absolute atomic E-state index is 11.3. The van der Waals surface area contributed by atoms with Gasteiger partial charge < -0.3 is 14.5 Å². The highest BCUT2D eigenvalue weighted by Crippen LogP contribution is 2.24. The molecule has 1 N–H and O–H groups in total. The Labute approximate surface area is 162 Å². The van der Waals surface area contributed by atoms with Crippen molar-refractivity contribution in [3.8, 4) is 5.69 Å². The summed E-state index contributed by atoms with van der Waals surface area (Å²) in [6, 6.07) is 16.7. The van der Waals surface area contributed by atoms with Gasteiger partial charge in [0.1, 0.15) is 6.61 Å². The molecule has 0 saturated heterocycles. The number of oxime groups is 1. The molecule has 1 aromatic heterocycles. The summed E-state index contributed by atoms with van der Waals surface area (Å²) in [6.07, 6.45) is 1.66. The van der Waals surface area contributed by atoms with E-state index in [1.807, 2.05) is 54.8 Å². The van der Waals surface area contributed by atoms with Crippen molar-refractivity contribution in [2.75, 3.05) is 0 Å². The summed E-state index contributed by atoms with van der Waals surface area (Å²) in [5.74, 6) is -1.06. The van der Waals surface area contributed by atoms with Gasteiger partial charge in [-0.25, -0.2) is 4.79 Å². The van der Waals surface area contributed by atoms with Gasteiger partial charge in [-0.15, -0.1) is 0 Å². The van der Waals surface area contributed by atoms with E-state index in [1.165, 1.54) is 0 Å². The summed E-state index contributed by atoms with van der Waals surface area (Å²) >= 11 is 5.97. The van der Waals surface area contributed by atoms with Gasteiger partial charge in [-0.05, 0) is 43.7 Å². The van der Waals surface area contributed by atoms with Crippen LogP contribution in [0.3, 0.4) is 0 Å². The van der Waals surface area contributed by atoms with E-state index in [0.717, 1.165) is 28.2 Å². The highest BCUT2D eigenvalue weighted by Gasteiger charge is 2.14. The second-order valence-corrected chi connectivity index (χ2v) is 6.53. The first-order valence-corrected chi connectivity index (χ1v) is 8.76. The first-order chi connectivity index (χ1) is 13.0. The second kappa shape index (κ2) is 8.10. The number of hydrogen-bond donors (Lipinski definition) is 1. The SMILES string of the molecule is Cc1cc(/C=N/OCc2ccccc2)c(C)n1-c1ccc(Cl)c(C(=O)O)c1. The molecule has 0 saturated carbocycles. The molecule has 0 atom stereocenters. The first kappa shape index (κ1) is 18.7. The molecule has 0 aliphatic heterocycles. The Morgan fingerprint density at radius 2 is 1.93 bits per heavy atom. The van der Waals surface area contributed by atoms with Gasteiger partial charge in [0, 0.05) is 22.6 Å². The Morgan fingerprint density at radius 1 is 1.19 bits per heavy atom. The van der Waals surface area contributed by atoms with Gasteiger partial charge in [-0.1, -0.05) is 47.1 Å². The molecule has 0 aliphatic carbocycles. The van der Waals surface area contributed by atoms with E-state index in [-0.39, 0.29) is 10.6 Å². The Kier molecular flexibility index (Phi) is 5.62. The number of benzene rings is 2. The van der Waals surface area contributed by atoms with Gasteiger partial charge in [0.2, 0.25) is 0 Å². The molecule has 27 heavy (non-hydrogen) atoms. The number of halogens is 1. The number of carboxylic acid groups (broad SMARTS) is 1. The summed E-state index contributed by atoms with van der Waals surface area (Å²) in [5, 5.41) is 13.6. The third kappa shape index (κ3) is 4.20. The van der Waals surface area contributed by atoms with Crippen LogP contribution in [0.5, 0.6) is 0 Å². The lowest BCUT2D eigenvalue weighted by Crippen LogP contribution is -2.04. The second-order valence-electron chi connectivity index (χ2n) is 6.12. The molecule has 3 rings (SSSR count). The number of hydrogen-bond acceptors (Lipinski definition) is 3. The van der Waals surface area contributed by atoms with Crippen LogP contribution in [0.25, 0.3) is 5.69 Å². The minimum atomic E-state index is -1.06. The number of aromatic carboxylic acids is 1. The van der Waals surface area contributed by atoms with Crippen molar-refractivity contribution in [2.24, 2.45) is 5.16 Å². The average molecular weight is 383 g/mol. The maximum Gasteiger partial charge on any atom is 0.337 e. The fourth-order valence-corrected chi connectivity index (χ4v) is 3.11. The van der Waals surface area contributed by atoms with Crippen molar-refractivity contribution in [3.63, 3.8) is 0 Å². The zero-order valence-electron chi connectivity index (χ0n) is 15.0. The Balaban J connectivity index is 1.82. The van der Waals surface area contributed by atoms with E-state index < -0.39 is 5.97 Å². The molecule has 0 fully saturated rings. The lowest BCUT2D eigenvalue weighted by atomic mass is 10.2. The van der Waals surface area contributed by atoms with Gasteiger partial charge in [0.15, 0.2) is 0 Å². The average Bonchev–Trinajstić information content (AvgIpc) is 2.93. The topological polar surface area (TPSA) is 63.8 Å². The third-order valence-electron chi connectivity index (χ3n) is 4.25. The van der Waals surface area contributed by atoms with Crippen LogP contribution in [0, 0.1) is 13.8 Å². The molecular weight excluding hydrogens is 364 g/mol. The van der Waals surface area contributed by atoms with Crippen LogP contribution in [-0.4, -0.2) is 21.9 Å². The molecule has 138 valence electrons. The normalized spacial score (nSPS) is 11.1. The van der Waals surface area contributed by atoms with Crippen molar-refractivity contribution in [3.05, 3.63) is 87.7 Å². The van der Waals surface area contributed by atoms with Gasteiger partial charge in [-0.3, -0.25) is 0 Å². The van der Waals surface area contributed by atoms with E-state index in [9.17, 15) is 9.90 Å². The van der Waals surface area contributed by atoms with Crippen LogP contribution in [0.1, 0.15) is 32.9 Å². The molecule has 1 heterocycles. The molecule has 0 bridgehead atoms. The van der Waals surface area contributed by atoms with Crippen molar-refractivity contribution in [2.45, 2.75) is 20.5 Å². The maximum atomic E-state index is 11.3. The van der Waals surface area contributed by atoms with Crippen molar-refractivity contribution in [1.29, 1.82) is 0 Å². The minimum absolute atomic E-state index is 0.0723. The van der Waals surface area contributed by atoms with Gasteiger partial charge in [-0.2, -0.15) is 0 Å². The van der Waals surface area contributed by atoms with Gasteiger partial charge >= 0.3 is 5.97 Å². The van der Waals surface area contributed by atoms with Crippen LogP contribution >= 0.6 is 11.6 Å². The molecule has 0 radical (unpaired) electrons. The monoisotopic (exact) mass is 382 g/mol. The predicted octanol–water partition coefficient (Wildman–Crippen LogP) is 5.00. The molecule has 0 unspecified atom stereocenters. The molecule has 0 spiro atoms. The summed E-state index contributed by atoms with van der Waals surface area (Å²) in [7, 11) is 0. The Bertz CT molecular complexity index is 994. The molecule has 3 aromatic rings. The third-order valence-corrected chi connectivity index (χ3v) is 4.58. The largest absolute Gasteiger partial charge is 0.478 e. The van der Waals surface area contributed by atoms with Crippen LogP contribution in [0.15, 0.2) is 59.8 Å². The van der Waals surface area contributed by atoms with E-state index in [2.05, 4.69) is 5.16 Å². The molecule has 5 nitrogen and oxygen atoms in total. The lowest BCUT2D eigenvalue weighted by molar-refractivity contribution is 0.0697. The van der Waals surface area contributed by atoms with Gasteiger partial charge in [0.25, 0.3) is 0 Å². The lowest BCUT2D eigenvalue weighted by Gasteiger charge is -2.11. The number of aromatic nitrogens is 1. The van der Waals surface area contributed by atoms with E-state index in [1.54, 1.807) is 24.4 Å². The minimum Gasteiger partial charge on any atom is -0.478 e. The molecule has 0 aliphatic rings. The molecule has 2 aromatic carbocycles. The fourth-order valence-electron chi connectivity index (χ4n) is 2.91. The highest BCUT2D eigenvalue weighted by molar-refractivity contribution is 6.33. The molecule has 0 amide bonds. The molecular formula is C21H19ClN2O3. The Hall–Kier alpha value is -3.05. The summed E-state index contributed by atoms with van der Waals surface area (Å²) < 4.78 is 1.96. The van der Waals surface area contributed by atoms with Crippen molar-refractivity contribution < 1.29 is 14.7 Å². The van der Waals surface area contributed by atoms with Crippen LogP contribution in [-0.2, 0) is 11.4 Å². The quantitative estimate of drug-likeness (QED) is 0.482. The van der Waals surface area contributed by atoms with E-state index in [0.29, 0.717) is 6.61 Å². The highest BCUT2D eigenvalue weighted by atomic mass is 35.5. The van der Waals surface area contributed by atoms with E-state index in [4.69, 9.17) is 16.4 Å². The van der Waals surface area contributed by atoms with Crippen LogP contribution in [0.4, 0.5) is 0 Å². The fraction of sp³-hybridized carbons (Fsp3) is 0.143. The molecule has 6 heteroatoms. The van der Waals surface area contributed by atoms with E-state index >= 15 is 0 Å². The van der Waals surface area contributed by atoms with Gasteiger partial charge in [0.05, 0.1) is 16.8 Å². The van der Waals surface area contributed by atoms with Crippen LogP contribution < -0.4 is 0 Å². The zero-order valence-corrected chi connectivity index (χ0v) is 15.8. The number of nitrogens with zero attached hydrogens (tertiary/aromatic N) is 2. The summed E-state index contributed by atoms with van der Waals surface area (Å²) in [6.45, 7) is 4.29. The van der Waals surface area contributed by atoms with Crippen molar-refractivity contribution >= 4 is 23.8 Å². The standard InChI is InChI=1S/C21H19ClN2O3/c1-14-10-17(12-23-27-13-16-6-4-3-5-7-16)15(2)24(14)18-8-9-20(22)19(11-18)21(25)26/h3-12H,13H2,1-2H3,(H,25,26)/b23-12+.